The Morgan fingerprint density at radius 1 is 1.04 bits per heavy atom. The minimum absolute atomic E-state index is 0.0719. The normalized spacial score (nSPS) is 18.0. The first-order valence-corrected chi connectivity index (χ1v) is 8.87. The van der Waals surface area contributed by atoms with Gasteiger partial charge in [0.1, 0.15) is 0 Å². The molecule has 0 saturated carbocycles. The molecule has 1 aromatic carbocycles. The van der Waals surface area contributed by atoms with Crippen molar-refractivity contribution in [2.24, 2.45) is 0 Å². The van der Waals surface area contributed by atoms with Crippen molar-refractivity contribution in [1.82, 2.24) is 9.80 Å². The largest absolute Gasteiger partial charge is 0.341 e. The van der Waals surface area contributed by atoms with Crippen LogP contribution in [0.3, 0.4) is 0 Å². The van der Waals surface area contributed by atoms with E-state index in [2.05, 4.69) is 6.07 Å². The molecule has 0 unspecified atom stereocenters. The summed E-state index contributed by atoms with van der Waals surface area (Å²) in [4.78, 5) is 41.3. The van der Waals surface area contributed by atoms with Gasteiger partial charge < -0.3 is 14.7 Å². The Morgan fingerprint density at radius 3 is 2.52 bits per heavy atom. The van der Waals surface area contributed by atoms with E-state index < -0.39 is 0 Å². The molecular weight excluding hydrogens is 318 g/mol. The summed E-state index contributed by atoms with van der Waals surface area (Å²) in [6.45, 7) is 4.20. The summed E-state index contributed by atoms with van der Waals surface area (Å²) in [5, 5.41) is 0. The molecule has 1 fully saturated rings. The number of hydrogen-bond donors (Lipinski definition) is 0. The van der Waals surface area contributed by atoms with Crippen LogP contribution in [0.4, 0.5) is 5.69 Å². The smallest absolute Gasteiger partial charge is 0.227 e. The molecule has 0 spiro atoms. The molecule has 2 heterocycles. The predicted octanol–water partition coefficient (Wildman–Crippen LogP) is 1.22. The van der Waals surface area contributed by atoms with Crippen molar-refractivity contribution in [2.75, 3.05) is 38.1 Å². The zero-order valence-corrected chi connectivity index (χ0v) is 15.0. The number of nitrogens with zero attached hydrogens (tertiary/aromatic N) is 3. The van der Waals surface area contributed by atoms with Crippen LogP contribution in [0.1, 0.15) is 30.9 Å². The fourth-order valence-corrected chi connectivity index (χ4v) is 3.59. The molecule has 2 aliphatic heterocycles. The predicted molar refractivity (Wildman–Crippen MR) is 95.3 cm³/mol. The van der Waals surface area contributed by atoms with Crippen molar-refractivity contribution in [1.29, 1.82) is 0 Å². The summed E-state index contributed by atoms with van der Waals surface area (Å²) >= 11 is 0. The third kappa shape index (κ3) is 3.83. The first-order chi connectivity index (χ1) is 12.0. The molecule has 1 aromatic rings. The van der Waals surface area contributed by atoms with E-state index in [4.69, 9.17) is 0 Å². The Labute approximate surface area is 148 Å². The van der Waals surface area contributed by atoms with Gasteiger partial charge in [-0.25, -0.2) is 0 Å². The second-order valence-corrected chi connectivity index (χ2v) is 6.83. The van der Waals surface area contributed by atoms with Crippen LogP contribution in [0.2, 0.25) is 0 Å². The van der Waals surface area contributed by atoms with Gasteiger partial charge in [-0.05, 0) is 30.0 Å². The molecule has 3 amide bonds. The number of hydrogen-bond acceptors (Lipinski definition) is 3. The molecule has 0 aliphatic carbocycles. The Balaban J connectivity index is 1.65. The van der Waals surface area contributed by atoms with Gasteiger partial charge in [0, 0.05) is 52.3 Å². The van der Waals surface area contributed by atoms with E-state index in [0.717, 1.165) is 36.2 Å². The minimum Gasteiger partial charge on any atom is -0.341 e. The van der Waals surface area contributed by atoms with Gasteiger partial charge >= 0.3 is 0 Å². The molecule has 6 nitrogen and oxygen atoms in total. The monoisotopic (exact) mass is 343 g/mol. The van der Waals surface area contributed by atoms with Crippen LogP contribution in [0.5, 0.6) is 0 Å². The highest BCUT2D eigenvalue weighted by molar-refractivity contribution is 5.96. The van der Waals surface area contributed by atoms with Crippen molar-refractivity contribution in [3.8, 4) is 0 Å². The third-order valence-electron chi connectivity index (χ3n) is 5.14. The molecule has 0 radical (unpaired) electrons. The summed E-state index contributed by atoms with van der Waals surface area (Å²) in [6, 6.07) is 5.93. The van der Waals surface area contributed by atoms with E-state index in [1.807, 2.05) is 17.0 Å². The van der Waals surface area contributed by atoms with Crippen LogP contribution in [0.15, 0.2) is 18.2 Å². The van der Waals surface area contributed by atoms with Gasteiger partial charge in [-0.3, -0.25) is 14.4 Å². The third-order valence-corrected chi connectivity index (χ3v) is 5.14. The zero-order chi connectivity index (χ0) is 18.0. The van der Waals surface area contributed by atoms with Crippen molar-refractivity contribution in [3.63, 3.8) is 0 Å². The first-order valence-electron chi connectivity index (χ1n) is 8.87. The number of fused-ring (bicyclic) bond motifs is 1. The quantitative estimate of drug-likeness (QED) is 0.811. The molecule has 134 valence electrons. The molecular formula is C19H25N3O3. The number of carbonyl (C=O) groups is 3. The molecule has 0 aromatic heterocycles. The van der Waals surface area contributed by atoms with Crippen LogP contribution in [-0.4, -0.2) is 60.7 Å². The van der Waals surface area contributed by atoms with Crippen molar-refractivity contribution < 1.29 is 14.4 Å². The summed E-state index contributed by atoms with van der Waals surface area (Å²) < 4.78 is 0. The van der Waals surface area contributed by atoms with Crippen LogP contribution < -0.4 is 4.90 Å². The number of anilines is 1. The molecule has 0 atom stereocenters. The lowest BCUT2D eigenvalue weighted by atomic mass is 9.98. The lowest BCUT2D eigenvalue weighted by Gasteiger charge is -2.26. The van der Waals surface area contributed by atoms with Gasteiger partial charge in [0.25, 0.3) is 0 Å². The van der Waals surface area contributed by atoms with Crippen molar-refractivity contribution in [2.45, 2.75) is 32.6 Å². The SMILES string of the molecule is CC(=O)N1CCCN(C(=O)Cc2ccc3c(c2)CCC(=O)N3C)CC1. The second-order valence-electron chi connectivity index (χ2n) is 6.83. The topological polar surface area (TPSA) is 60.9 Å². The summed E-state index contributed by atoms with van der Waals surface area (Å²) in [6.07, 6.45) is 2.44. The fraction of sp³-hybridized carbons (Fsp3) is 0.526. The number of rotatable bonds is 2. The molecule has 6 heteroatoms. The zero-order valence-electron chi connectivity index (χ0n) is 15.0. The maximum absolute atomic E-state index is 12.6. The first kappa shape index (κ1) is 17.5. The lowest BCUT2D eigenvalue weighted by Crippen LogP contribution is -2.37. The summed E-state index contributed by atoms with van der Waals surface area (Å²) in [5.41, 5.74) is 3.06. The minimum atomic E-state index is 0.0719. The summed E-state index contributed by atoms with van der Waals surface area (Å²) in [7, 11) is 1.79. The van der Waals surface area contributed by atoms with E-state index in [9.17, 15) is 14.4 Å². The average molecular weight is 343 g/mol. The molecule has 2 aliphatic rings. The van der Waals surface area contributed by atoms with Crippen molar-refractivity contribution in [3.05, 3.63) is 29.3 Å². The van der Waals surface area contributed by atoms with Crippen LogP contribution in [0, 0.1) is 0 Å². The average Bonchev–Trinajstić information content (AvgIpc) is 2.84. The van der Waals surface area contributed by atoms with E-state index in [-0.39, 0.29) is 17.7 Å². The number of aryl methyl sites for hydroxylation is 1. The maximum Gasteiger partial charge on any atom is 0.227 e. The van der Waals surface area contributed by atoms with E-state index in [1.165, 1.54) is 0 Å². The Bertz CT molecular complexity index is 701. The number of amides is 3. The molecule has 25 heavy (non-hydrogen) atoms. The highest BCUT2D eigenvalue weighted by Gasteiger charge is 2.23. The van der Waals surface area contributed by atoms with Crippen LogP contribution >= 0.6 is 0 Å². The highest BCUT2D eigenvalue weighted by Crippen LogP contribution is 2.27. The van der Waals surface area contributed by atoms with Crippen LogP contribution in [0.25, 0.3) is 0 Å². The molecule has 3 rings (SSSR count). The standard InChI is InChI=1S/C19H25N3O3/c1-14(23)21-8-3-9-22(11-10-21)19(25)13-15-4-6-17-16(12-15)5-7-18(24)20(17)2/h4,6,12H,3,5,7-11,13H2,1-2H3. The lowest BCUT2D eigenvalue weighted by molar-refractivity contribution is -0.132. The molecule has 1 saturated heterocycles. The van der Waals surface area contributed by atoms with Gasteiger partial charge in [-0.2, -0.15) is 0 Å². The summed E-state index contributed by atoms with van der Waals surface area (Å²) in [5.74, 6) is 0.309. The van der Waals surface area contributed by atoms with E-state index >= 15 is 0 Å². The number of carbonyl (C=O) groups excluding carboxylic acids is 3. The van der Waals surface area contributed by atoms with Crippen LogP contribution in [-0.2, 0) is 27.2 Å². The molecule has 0 N–H and O–H groups in total. The van der Waals surface area contributed by atoms with Gasteiger partial charge in [0.2, 0.25) is 17.7 Å². The second kappa shape index (κ2) is 7.25. The van der Waals surface area contributed by atoms with Gasteiger partial charge in [-0.15, -0.1) is 0 Å². The van der Waals surface area contributed by atoms with Crippen molar-refractivity contribution >= 4 is 23.4 Å². The fourth-order valence-electron chi connectivity index (χ4n) is 3.59. The highest BCUT2D eigenvalue weighted by atomic mass is 16.2. The Hall–Kier alpha value is -2.37. The van der Waals surface area contributed by atoms with Gasteiger partial charge in [0.15, 0.2) is 0 Å². The maximum atomic E-state index is 12.6. The molecule has 0 bridgehead atoms. The Morgan fingerprint density at radius 2 is 1.76 bits per heavy atom. The van der Waals surface area contributed by atoms with Gasteiger partial charge in [-0.1, -0.05) is 12.1 Å². The Kier molecular flexibility index (Phi) is 5.06. The number of benzene rings is 1. The van der Waals surface area contributed by atoms with E-state index in [0.29, 0.717) is 32.5 Å². The van der Waals surface area contributed by atoms with Gasteiger partial charge in [0.05, 0.1) is 6.42 Å². The van der Waals surface area contributed by atoms with E-state index in [1.54, 1.807) is 23.8 Å².